The van der Waals surface area contributed by atoms with E-state index in [9.17, 15) is 14.0 Å². The summed E-state index contributed by atoms with van der Waals surface area (Å²) in [6, 6.07) is 9.84. The van der Waals surface area contributed by atoms with Crippen molar-refractivity contribution in [1.29, 1.82) is 0 Å². The molecule has 1 atom stereocenters. The predicted octanol–water partition coefficient (Wildman–Crippen LogP) is 4.97. The van der Waals surface area contributed by atoms with E-state index in [-0.39, 0.29) is 31.3 Å². The van der Waals surface area contributed by atoms with Crippen LogP contribution in [0.25, 0.3) is 22.6 Å². The number of ether oxygens (including phenoxy) is 3. The highest BCUT2D eigenvalue weighted by atomic mass is 19.1. The lowest BCUT2D eigenvalue weighted by Gasteiger charge is -2.22. The summed E-state index contributed by atoms with van der Waals surface area (Å²) in [4.78, 5) is 37.3. The van der Waals surface area contributed by atoms with Crippen molar-refractivity contribution in [1.82, 2.24) is 23.7 Å². The number of imidazole rings is 1. The summed E-state index contributed by atoms with van der Waals surface area (Å²) in [6.07, 6.45) is 9.13. The molecule has 1 aliphatic carbocycles. The largest absolute Gasteiger partial charge is 0.474 e. The Balaban J connectivity index is 1.40. The first-order chi connectivity index (χ1) is 21.4. The summed E-state index contributed by atoms with van der Waals surface area (Å²) < 4.78 is 35.9. The van der Waals surface area contributed by atoms with Gasteiger partial charge in [-0.1, -0.05) is 24.3 Å². The standard InChI is InChI=1S/C33H38FN5O5/c1-3-37-31-29(32(40)38(33(37)41)18-8-20-43-28-11-6-7-19-42-28)39(21-23-12-14-24(34)15-13-23)30(36-31)26-16-17-27(35-22(26)2)44-25-9-4-5-10-25/h4-5,12-17,25,28H,3,6-11,18-21H2,1-2H3. The molecule has 44 heavy (non-hydrogen) atoms. The van der Waals surface area contributed by atoms with Gasteiger partial charge in [0.15, 0.2) is 17.5 Å². The number of benzene rings is 1. The summed E-state index contributed by atoms with van der Waals surface area (Å²) in [5.74, 6) is 0.674. The average molecular weight is 604 g/mol. The fraction of sp³-hybridized carbons (Fsp3) is 0.455. The van der Waals surface area contributed by atoms with E-state index in [1.54, 1.807) is 12.1 Å². The highest BCUT2D eigenvalue weighted by Crippen LogP contribution is 2.29. The molecular formula is C33H38FN5O5. The quantitative estimate of drug-likeness (QED) is 0.176. The second-order valence-corrected chi connectivity index (χ2v) is 11.3. The van der Waals surface area contributed by atoms with Crippen molar-refractivity contribution >= 4 is 11.2 Å². The van der Waals surface area contributed by atoms with Crippen LogP contribution in [0.3, 0.4) is 0 Å². The van der Waals surface area contributed by atoms with Gasteiger partial charge in [-0.15, -0.1) is 0 Å². The van der Waals surface area contributed by atoms with Crippen LogP contribution in [0.4, 0.5) is 4.39 Å². The molecule has 0 radical (unpaired) electrons. The van der Waals surface area contributed by atoms with Crippen molar-refractivity contribution < 1.29 is 18.6 Å². The van der Waals surface area contributed by atoms with E-state index in [2.05, 4.69) is 12.2 Å². The molecular weight excluding hydrogens is 565 g/mol. The highest BCUT2D eigenvalue weighted by Gasteiger charge is 2.24. The van der Waals surface area contributed by atoms with Crippen LogP contribution in [0.15, 0.2) is 58.1 Å². The minimum atomic E-state index is -0.427. The summed E-state index contributed by atoms with van der Waals surface area (Å²) in [6.45, 7) is 5.56. The molecule has 10 nitrogen and oxygen atoms in total. The first-order valence-corrected chi connectivity index (χ1v) is 15.4. The van der Waals surface area contributed by atoms with Crippen LogP contribution in [0.2, 0.25) is 0 Å². The van der Waals surface area contributed by atoms with Gasteiger partial charge in [0.25, 0.3) is 5.56 Å². The lowest BCUT2D eigenvalue weighted by atomic mass is 10.1. The third-order valence-corrected chi connectivity index (χ3v) is 8.21. The topological polar surface area (TPSA) is 102 Å². The molecule has 1 aliphatic heterocycles. The molecule has 3 aromatic heterocycles. The molecule has 232 valence electrons. The number of hydrogen-bond donors (Lipinski definition) is 0. The first-order valence-electron chi connectivity index (χ1n) is 15.4. The van der Waals surface area contributed by atoms with Crippen molar-refractivity contribution in [3.05, 3.63) is 86.5 Å². The Labute approximate surface area is 254 Å². The fourth-order valence-corrected chi connectivity index (χ4v) is 5.88. The number of pyridine rings is 1. The number of hydrogen-bond acceptors (Lipinski definition) is 7. The molecule has 1 saturated heterocycles. The number of aromatic nitrogens is 5. The van der Waals surface area contributed by atoms with Crippen LogP contribution >= 0.6 is 0 Å². The van der Waals surface area contributed by atoms with Gasteiger partial charge in [-0.25, -0.2) is 19.2 Å². The molecule has 2 aliphatic rings. The molecule has 4 aromatic rings. The fourth-order valence-electron chi connectivity index (χ4n) is 5.88. The van der Waals surface area contributed by atoms with E-state index in [1.807, 2.05) is 30.5 Å². The number of rotatable bonds is 11. The van der Waals surface area contributed by atoms with Gasteiger partial charge < -0.3 is 18.8 Å². The summed E-state index contributed by atoms with van der Waals surface area (Å²) in [5.41, 5.74) is 1.94. The average Bonchev–Trinajstić information content (AvgIpc) is 3.67. The molecule has 11 heteroatoms. The Morgan fingerprint density at radius 2 is 1.80 bits per heavy atom. The Bertz CT molecular complexity index is 1760. The van der Waals surface area contributed by atoms with Gasteiger partial charge in [0.05, 0.1) is 12.3 Å². The van der Waals surface area contributed by atoms with Gasteiger partial charge in [-0.2, -0.15) is 0 Å². The third-order valence-electron chi connectivity index (χ3n) is 8.21. The van der Waals surface area contributed by atoms with Gasteiger partial charge in [0.1, 0.15) is 17.7 Å². The number of halogens is 1. The normalized spacial score (nSPS) is 17.1. The minimum Gasteiger partial charge on any atom is -0.474 e. The lowest BCUT2D eigenvalue weighted by molar-refractivity contribution is -0.163. The van der Waals surface area contributed by atoms with Gasteiger partial charge in [0, 0.05) is 50.7 Å². The SMILES string of the molecule is CCn1c(=O)n(CCCOC2CCCCO2)c(=O)c2c1nc(-c1ccc(OC3CC=CC3)nc1C)n2Cc1ccc(F)cc1. The van der Waals surface area contributed by atoms with E-state index < -0.39 is 11.2 Å². The van der Waals surface area contributed by atoms with E-state index in [1.165, 1.54) is 21.3 Å². The van der Waals surface area contributed by atoms with Crippen LogP contribution in [0.1, 0.15) is 56.7 Å². The molecule has 6 rings (SSSR count). The van der Waals surface area contributed by atoms with Crippen molar-refractivity contribution in [3.8, 4) is 17.3 Å². The van der Waals surface area contributed by atoms with Crippen LogP contribution in [0, 0.1) is 12.7 Å². The Kier molecular flexibility index (Phi) is 9.04. The van der Waals surface area contributed by atoms with E-state index in [4.69, 9.17) is 24.2 Å². The summed E-state index contributed by atoms with van der Waals surface area (Å²) in [5, 5.41) is 0. The molecule has 4 heterocycles. The zero-order valence-electron chi connectivity index (χ0n) is 25.2. The molecule has 0 saturated carbocycles. The second kappa shape index (κ2) is 13.3. The molecule has 1 unspecified atom stereocenters. The number of aryl methyl sites for hydroxylation is 2. The number of nitrogens with zero attached hydrogens (tertiary/aromatic N) is 5. The molecule has 1 fully saturated rings. The van der Waals surface area contributed by atoms with Crippen molar-refractivity contribution in [2.45, 2.75) is 84.4 Å². The van der Waals surface area contributed by atoms with E-state index in [0.29, 0.717) is 60.3 Å². The Hall–Kier alpha value is -4.09. The van der Waals surface area contributed by atoms with Crippen LogP contribution < -0.4 is 16.0 Å². The van der Waals surface area contributed by atoms with E-state index in [0.717, 1.165) is 37.7 Å². The van der Waals surface area contributed by atoms with Gasteiger partial charge >= 0.3 is 5.69 Å². The Morgan fingerprint density at radius 3 is 2.50 bits per heavy atom. The molecule has 1 aromatic carbocycles. The summed E-state index contributed by atoms with van der Waals surface area (Å²) >= 11 is 0. The first kappa shape index (κ1) is 30.0. The predicted molar refractivity (Wildman–Crippen MR) is 164 cm³/mol. The van der Waals surface area contributed by atoms with Gasteiger partial charge in [0.2, 0.25) is 5.88 Å². The van der Waals surface area contributed by atoms with E-state index >= 15 is 0 Å². The van der Waals surface area contributed by atoms with Gasteiger partial charge in [-0.3, -0.25) is 13.9 Å². The molecule has 0 amide bonds. The number of fused-ring (bicyclic) bond motifs is 1. The zero-order valence-corrected chi connectivity index (χ0v) is 25.2. The van der Waals surface area contributed by atoms with Crippen LogP contribution in [0.5, 0.6) is 5.88 Å². The molecule has 0 N–H and O–H groups in total. The monoisotopic (exact) mass is 603 g/mol. The highest BCUT2D eigenvalue weighted by molar-refractivity contribution is 5.78. The van der Waals surface area contributed by atoms with Crippen molar-refractivity contribution in [3.63, 3.8) is 0 Å². The lowest BCUT2D eigenvalue weighted by Crippen LogP contribution is -2.40. The van der Waals surface area contributed by atoms with Crippen LogP contribution in [-0.2, 0) is 29.1 Å². The smallest absolute Gasteiger partial charge is 0.332 e. The maximum atomic E-state index is 14.1. The van der Waals surface area contributed by atoms with Crippen molar-refractivity contribution in [2.24, 2.45) is 0 Å². The van der Waals surface area contributed by atoms with Crippen LogP contribution in [-0.4, -0.2) is 49.3 Å². The molecule has 0 bridgehead atoms. The minimum absolute atomic E-state index is 0.0637. The maximum Gasteiger partial charge on any atom is 0.332 e. The second-order valence-electron chi connectivity index (χ2n) is 11.3. The molecule has 0 spiro atoms. The Morgan fingerprint density at radius 1 is 1.00 bits per heavy atom. The zero-order chi connectivity index (χ0) is 30.6. The summed E-state index contributed by atoms with van der Waals surface area (Å²) in [7, 11) is 0. The van der Waals surface area contributed by atoms with Gasteiger partial charge in [-0.05, 0) is 63.3 Å². The van der Waals surface area contributed by atoms with Crippen molar-refractivity contribution in [2.75, 3.05) is 13.2 Å². The maximum absolute atomic E-state index is 14.1. The third kappa shape index (κ3) is 6.25.